The molecule has 8 nitrogen and oxygen atoms in total. The molecular formula is C17H17BrN2O6S. The third kappa shape index (κ3) is 4.83. The topological polar surface area (TPSA) is 94.2 Å². The molecule has 0 spiro atoms. The van der Waals surface area contributed by atoms with E-state index in [1.807, 2.05) is 0 Å². The van der Waals surface area contributed by atoms with Gasteiger partial charge >= 0.3 is 5.97 Å². The molecule has 0 unspecified atom stereocenters. The fourth-order valence-corrected chi connectivity index (χ4v) is 2.79. The summed E-state index contributed by atoms with van der Waals surface area (Å²) in [5.41, 5.74) is 0.434. The maximum atomic E-state index is 12.3. The van der Waals surface area contributed by atoms with E-state index in [4.69, 9.17) is 26.4 Å². The Bertz CT molecular complexity index is 839. The summed E-state index contributed by atoms with van der Waals surface area (Å²) in [5.74, 6) is -0.988. The number of esters is 1. The number of hydrogen-bond donors (Lipinski definition) is 1. The van der Waals surface area contributed by atoms with E-state index in [9.17, 15) is 14.4 Å². The van der Waals surface area contributed by atoms with Crippen molar-refractivity contribution in [2.45, 2.75) is 6.92 Å². The fourth-order valence-electron chi connectivity index (χ4n) is 2.17. The van der Waals surface area contributed by atoms with Crippen LogP contribution in [-0.2, 0) is 19.1 Å². The second-order valence-corrected chi connectivity index (χ2v) is 6.54. The minimum atomic E-state index is -0.586. The van der Waals surface area contributed by atoms with Crippen LogP contribution in [0.1, 0.15) is 12.5 Å². The first-order chi connectivity index (χ1) is 12.8. The van der Waals surface area contributed by atoms with Crippen molar-refractivity contribution >= 4 is 57.1 Å². The third-order valence-electron chi connectivity index (χ3n) is 3.54. The zero-order valence-electron chi connectivity index (χ0n) is 14.8. The number of thiocarbonyl (C=S) groups is 1. The van der Waals surface area contributed by atoms with E-state index < -0.39 is 17.8 Å². The SMILES string of the molecule is CCOC(=O)COc1cc(Br)c(/C=C2\C(=O)NC(=S)N(C)C2=O)cc1OC. The van der Waals surface area contributed by atoms with Gasteiger partial charge in [-0.3, -0.25) is 19.8 Å². The zero-order valence-corrected chi connectivity index (χ0v) is 17.2. The van der Waals surface area contributed by atoms with Crippen LogP contribution in [0.25, 0.3) is 6.08 Å². The van der Waals surface area contributed by atoms with Crippen molar-refractivity contribution in [1.82, 2.24) is 10.2 Å². The van der Waals surface area contributed by atoms with E-state index in [0.29, 0.717) is 21.5 Å². The number of benzene rings is 1. The standard InChI is InChI=1S/C17H17BrN2O6S/c1-4-25-14(21)8-26-13-7-11(18)9(6-12(13)24-3)5-10-15(22)19-17(27)20(2)16(10)23/h5-7H,4,8H2,1-3H3,(H,19,22,27)/b10-5+. The van der Waals surface area contributed by atoms with Gasteiger partial charge in [0.25, 0.3) is 11.8 Å². The lowest BCUT2D eigenvalue weighted by Crippen LogP contribution is -2.52. The van der Waals surface area contributed by atoms with Gasteiger partial charge in [0.15, 0.2) is 23.2 Å². The lowest BCUT2D eigenvalue weighted by Gasteiger charge is -2.25. The van der Waals surface area contributed by atoms with Crippen LogP contribution >= 0.6 is 28.1 Å². The number of carbonyl (C=O) groups excluding carboxylic acids is 3. The first kappa shape index (κ1) is 20.8. The molecule has 0 atom stereocenters. The molecule has 2 rings (SSSR count). The zero-order chi connectivity index (χ0) is 20.1. The molecule has 10 heteroatoms. The van der Waals surface area contributed by atoms with Gasteiger partial charge in [0.2, 0.25) is 0 Å². The number of amides is 2. The highest BCUT2D eigenvalue weighted by atomic mass is 79.9. The summed E-state index contributed by atoms with van der Waals surface area (Å²) in [6.07, 6.45) is 1.41. The molecule has 27 heavy (non-hydrogen) atoms. The largest absolute Gasteiger partial charge is 0.493 e. The summed E-state index contributed by atoms with van der Waals surface area (Å²) >= 11 is 8.28. The monoisotopic (exact) mass is 456 g/mol. The van der Waals surface area contributed by atoms with E-state index in [1.54, 1.807) is 19.1 Å². The quantitative estimate of drug-likeness (QED) is 0.301. The predicted octanol–water partition coefficient (Wildman–Crippen LogP) is 1.66. The van der Waals surface area contributed by atoms with Gasteiger partial charge in [-0.2, -0.15) is 0 Å². The van der Waals surface area contributed by atoms with Crippen molar-refractivity contribution in [2.24, 2.45) is 0 Å². The Morgan fingerprint density at radius 2 is 2.04 bits per heavy atom. The molecule has 0 bridgehead atoms. The Morgan fingerprint density at radius 1 is 1.33 bits per heavy atom. The van der Waals surface area contributed by atoms with Crippen molar-refractivity contribution in [3.05, 3.63) is 27.7 Å². The summed E-state index contributed by atoms with van der Waals surface area (Å²) in [6, 6.07) is 3.15. The average molecular weight is 457 g/mol. The second kappa shape index (κ2) is 8.96. The number of likely N-dealkylation sites (N-methyl/N-ethyl adjacent to an activating group) is 1. The van der Waals surface area contributed by atoms with E-state index >= 15 is 0 Å². The van der Waals surface area contributed by atoms with Crippen molar-refractivity contribution in [3.8, 4) is 11.5 Å². The third-order valence-corrected chi connectivity index (χ3v) is 4.60. The normalized spacial score (nSPS) is 15.6. The minimum Gasteiger partial charge on any atom is -0.493 e. The van der Waals surface area contributed by atoms with Gasteiger partial charge in [-0.25, -0.2) is 4.79 Å². The maximum absolute atomic E-state index is 12.3. The molecule has 1 saturated heterocycles. The predicted molar refractivity (Wildman–Crippen MR) is 104 cm³/mol. The number of nitrogens with one attached hydrogen (secondary N) is 1. The molecule has 1 fully saturated rings. The summed E-state index contributed by atoms with van der Waals surface area (Å²) in [4.78, 5) is 37.0. The summed E-state index contributed by atoms with van der Waals surface area (Å²) in [7, 11) is 2.90. The van der Waals surface area contributed by atoms with Crippen molar-refractivity contribution in [1.29, 1.82) is 0 Å². The molecule has 0 saturated carbocycles. The fraction of sp³-hybridized carbons (Fsp3) is 0.294. The highest BCUT2D eigenvalue weighted by Gasteiger charge is 2.31. The number of methoxy groups -OCH3 is 1. The van der Waals surface area contributed by atoms with Gasteiger partial charge in [-0.05, 0) is 42.9 Å². The molecule has 1 N–H and O–H groups in total. The minimum absolute atomic E-state index is 0.0431. The van der Waals surface area contributed by atoms with Crippen LogP contribution < -0.4 is 14.8 Å². The Kier molecular flexibility index (Phi) is 6.92. The lowest BCUT2D eigenvalue weighted by atomic mass is 10.1. The Labute approximate surface area is 169 Å². The van der Waals surface area contributed by atoms with Crippen molar-refractivity contribution < 1.29 is 28.6 Å². The second-order valence-electron chi connectivity index (χ2n) is 5.30. The smallest absolute Gasteiger partial charge is 0.344 e. The van der Waals surface area contributed by atoms with Gasteiger partial charge < -0.3 is 14.2 Å². The highest BCUT2D eigenvalue weighted by Crippen LogP contribution is 2.35. The van der Waals surface area contributed by atoms with Crippen LogP contribution in [0, 0.1) is 0 Å². The van der Waals surface area contributed by atoms with Crippen LogP contribution in [0.3, 0.4) is 0 Å². The summed E-state index contributed by atoms with van der Waals surface area (Å²) < 4.78 is 16.0. The Hall–Kier alpha value is -2.46. The van der Waals surface area contributed by atoms with Gasteiger partial charge in [0.05, 0.1) is 13.7 Å². The molecule has 0 radical (unpaired) electrons. The number of halogens is 1. The molecular weight excluding hydrogens is 440 g/mol. The Balaban J connectivity index is 2.33. The van der Waals surface area contributed by atoms with Crippen LogP contribution in [0.4, 0.5) is 0 Å². The van der Waals surface area contributed by atoms with E-state index in [0.717, 1.165) is 0 Å². The Morgan fingerprint density at radius 3 is 2.67 bits per heavy atom. The molecule has 1 aromatic rings. The molecule has 1 heterocycles. The number of hydrogen-bond acceptors (Lipinski definition) is 7. The first-order valence-electron chi connectivity index (χ1n) is 7.79. The average Bonchev–Trinajstić information content (AvgIpc) is 2.63. The van der Waals surface area contributed by atoms with Crippen LogP contribution in [-0.4, -0.2) is 55.2 Å². The van der Waals surface area contributed by atoms with Gasteiger partial charge in [0, 0.05) is 11.5 Å². The maximum Gasteiger partial charge on any atom is 0.344 e. The molecule has 0 aromatic heterocycles. The number of ether oxygens (including phenoxy) is 3. The molecule has 1 aromatic carbocycles. The van der Waals surface area contributed by atoms with Crippen LogP contribution in [0.5, 0.6) is 11.5 Å². The van der Waals surface area contributed by atoms with Gasteiger partial charge in [-0.1, -0.05) is 15.9 Å². The molecule has 2 amide bonds. The molecule has 0 aliphatic carbocycles. The molecule has 1 aliphatic rings. The number of rotatable bonds is 6. The number of nitrogens with zero attached hydrogens (tertiary/aromatic N) is 1. The summed E-state index contributed by atoms with van der Waals surface area (Å²) in [6.45, 7) is 1.67. The van der Waals surface area contributed by atoms with Crippen molar-refractivity contribution in [2.75, 3.05) is 27.4 Å². The first-order valence-corrected chi connectivity index (χ1v) is 8.99. The van der Waals surface area contributed by atoms with Crippen LogP contribution in [0.2, 0.25) is 0 Å². The van der Waals surface area contributed by atoms with E-state index in [-0.39, 0.29) is 23.9 Å². The number of carbonyl (C=O) groups is 3. The van der Waals surface area contributed by atoms with E-state index in [2.05, 4.69) is 21.2 Å². The van der Waals surface area contributed by atoms with Gasteiger partial charge in [0.1, 0.15) is 5.57 Å². The highest BCUT2D eigenvalue weighted by molar-refractivity contribution is 9.10. The van der Waals surface area contributed by atoms with E-state index in [1.165, 1.54) is 25.1 Å². The lowest BCUT2D eigenvalue weighted by molar-refractivity contribution is -0.145. The molecule has 1 aliphatic heterocycles. The van der Waals surface area contributed by atoms with Gasteiger partial charge in [-0.15, -0.1) is 0 Å². The van der Waals surface area contributed by atoms with Crippen LogP contribution in [0.15, 0.2) is 22.2 Å². The van der Waals surface area contributed by atoms with Crippen molar-refractivity contribution in [3.63, 3.8) is 0 Å². The summed E-state index contributed by atoms with van der Waals surface area (Å²) in [5, 5.41) is 2.48. The molecule has 144 valence electrons.